The summed E-state index contributed by atoms with van der Waals surface area (Å²) < 4.78 is 26.4. The second kappa shape index (κ2) is 10.1. The number of unbranched alkanes of at least 4 members (excludes halogenated alkanes) is 2. The van der Waals surface area contributed by atoms with Gasteiger partial charge in [-0.25, -0.2) is 8.78 Å². The van der Waals surface area contributed by atoms with Gasteiger partial charge >= 0.3 is 0 Å². The number of rotatable bonds is 9. The fourth-order valence-electron chi connectivity index (χ4n) is 3.11. The van der Waals surface area contributed by atoms with E-state index in [9.17, 15) is 18.4 Å². The van der Waals surface area contributed by atoms with Gasteiger partial charge < -0.3 is 15.5 Å². The first-order valence-electron chi connectivity index (χ1n) is 9.17. The zero-order valence-corrected chi connectivity index (χ0v) is 15.2. The molecule has 1 heterocycles. The van der Waals surface area contributed by atoms with Crippen molar-refractivity contribution in [1.29, 1.82) is 0 Å². The predicted molar refractivity (Wildman–Crippen MR) is 96.8 cm³/mol. The van der Waals surface area contributed by atoms with Crippen LogP contribution in [-0.4, -0.2) is 38.0 Å². The molecule has 1 aliphatic heterocycles. The van der Waals surface area contributed by atoms with Crippen LogP contribution in [0.25, 0.3) is 0 Å². The molecular formula is C19H27F2N3O2. The third kappa shape index (κ3) is 6.61. The lowest BCUT2D eigenvalue weighted by molar-refractivity contribution is -0.121. The topological polar surface area (TPSA) is 61.4 Å². The van der Waals surface area contributed by atoms with Crippen LogP contribution in [0.5, 0.6) is 0 Å². The number of anilines is 1. The monoisotopic (exact) mass is 367 g/mol. The molecule has 5 nitrogen and oxygen atoms in total. The van der Waals surface area contributed by atoms with E-state index in [1.54, 1.807) is 6.07 Å². The number of carbonyl (C=O) groups excluding carboxylic acids is 2. The number of benzene rings is 1. The average Bonchev–Trinajstić information content (AvgIpc) is 3.07. The van der Waals surface area contributed by atoms with Gasteiger partial charge in [-0.2, -0.15) is 0 Å². The number of amides is 2. The highest BCUT2D eigenvalue weighted by Crippen LogP contribution is 2.25. The summed E-state index contributed by atoms with van der Waals surface area (Å²) in [6, 6.07) is 3.95. The molecule has 1 aromatic rings. The van der Waals surface area contributed by atoms with Gasteiger partial charge in [0.15, 0.2) is 11.6 Å². The van der Waals surface area contributed by atoms with Gasteiger partial charge in [0.1, 0.15) is 0 Å². The van der Waals surface area contributed by atoms with Crippen LogP contribution in [0, 0.1) is 17.6 Å². The van der Waals surface area contributed by atoms with Crippen molar-refractivity contribution < 1.29 is 18.4 Å². The van der Waals surface area contributed by atoms with Crippen LogP contribution in [0.4, 0.5) is 14.5 Å². The number of hydrogen-bond donors (Lipinski definition) is 2. The van der Waals surface area contributed by atoms with Crippen LogP contribution in [0.15, 0.2) is 18.2 Å². The SMILES string of the molecule is CC(=O)NCCCCCC(=O)NCC1CCN(c2ccc(F)c(F)c2)C1. The first-order chi connectivity index (χ1) is 12.5. The number of hydrogen-bond acceptors (Lipinski definition) is 3. The van der Waals surface area contributed by atoms with Gasteiger partial charge in [-0.15, -0.1) is 0 Å². The largest absolute Gasteiger partial charge is 0.371 e. The quantitative estimate of drug-likeness (QED) is 0.660. The second-order valence-electron chi connectivity index (χ2n) is 6.80. The van der Waals surface area contributed by atoms with E-state index in [-0.39, 0.29) is 11.8 Å². The number of halogens is 2. The Kier molecular flexibility index (Phi) is 7.81. The van der Waals surface area contributed by atoms with Crippen molar-refractivity contribution in [2.24, 2.45) is 5.92 Å². The van der Waals surface area contributed by atoms with Gasteiger partial charge in [-0.05, 0) is 37.3 Å². The van der Waals surface area contributed by atoms with Crippen LogP contribution in [0.2, 0.25) is 0 Å². The molecule has 1 unspecified atom stereocenters. The molecule has 2 amide bonds. The first kappa shape index (κ1) is 20.1. The highest BCUT2D eigenvalue weighted by molar-refractivity contribution is 5.75. The van der Waals surface area contributed by atoms with Crippen LogP contribution >= 0.6 is 0 Å². The summed E-state index contributed by atoms with van der Waals surface area (Å²) in [5.41, 5.74) is 0.678. The molecule has 0 saturated carbocycles. The van der Waals surface area contributed by atoms with E-state index in [4.69, 9.17) is 0 Å². The molecule has 7 heteroatoms. The van der Waals surface area contributed by atoms with Crippen LogP contribution in [0.1, 0.15) is 39.0 Å². The van der Waals surface area contributed by atoms with Crippen molar-refractivity contribution >= 4 is 17.5 Å². The Bertz CT molecular complexity index is 625. The molecule has 1 saturated heterocycles. The zero-order chi connectivity index (χ0) is 18.9. The van der Waals surface area contributed by atoms with Crippen molar-refractivity contribution in [2.75, 3.05) is 31.1 Å². The van der Waals surface area contributed by atoms with Gasteiger partial charge in [0, 0.05) is 51.3 Å². The lowest BCUT2D eigenvalue weighted by atomic mass is 10.1. The Labute approximate surface area is 153 Å². The normalized spacial score (nSPS) is 16.6. The Morgan fingerprint density at radius 1 is 1.15 bits per heavy atom. The summed E-state index contributed by atoms with van der Waals surface area (Å²) in [5.74, 6) is -1.36. The summed E-state index contributed by atoms with van der Waals surface area (Å²) in [5, 5.41) is 5.69. The molecule has 0 radical (unpaired) electrons. The van der Waals surface area contributed by atoms with Crippen molar-refractivity contribution in [2.45, 2.75) is 39.0 Å². The van der Waals surface area contributed by atoms with E-state index in [2.05, 4.69) is 10.6 Å². The number of nitrogens with one attached hydrogen (secondary N) is 2. The number of nitrogens with zero attached hydrogens (tertiary/aromatic N) is 1. The van der Waals surface area contributed by atoms with E-state index in [0.29, 0.717) is 31.1 Å². The van der Waals surface area contributed by atoms with Gasteiger partial charge in [0.25, 0.3) is 0 Å². The van der Waals surface area contributed by atoms with E-state index >= 15 is 0 Å². The standard InChI is InChI=1S/C19H27F2N3O2/c1-14(25)22-9-4-2-3-5-19(26)23-12-15-8-10-24(13-15)16-6-7-17(20)18(21)11-16/h6-7,11,15H,2-5,8-10,12-13H2,1H3,(H,22,25)(H,23,26). The summed E-state index contributed by atoms with van der Waals surface area (Å²) >= 11 is 0. The molecule has 0 spiro atoms. The Hall–Kier alpha value is -2.18. The highest BCUT2D eigenvalue weighted by atomic mass is 19.2. The minimum absolute atomic E-state index is 0.0308. The fraction of sp³-hybridized carbons (Fsp3) is 0.579. The highest BCUT2D eigenvalue weighted by Gasteiger charge is 2.23. The van der Waals surface area contributed by atoms with Crippen molar-refractivity contribution in [3.63, 3.8) is 0 Å². The summed E-state index contributed by atoms with van der Waals surface area (Å²) in [6.07, 6.45) is 3.98. The predicted octanol–water partition coefficient (Wildman–Crippen LogP) is 2.60. The van der Waals surface area contributed by atoms with E-state index < -0.39 is 11.6 Å². The molecule has 0 aromatic heterocycles. The Morgan fingerprint density at radius 2 is 1.96 bits per heavy atom. The molecule has 2 N–H and O–H groups in total. The molecule has 26 heavy (non-hydrogen) atoms. The molecule has 144 valence electrons. The molecule has 2 rings (SSSR count). The molecular weight excluding hydrogens is 340 g/mol. The van der Waals surface area contributed by atoms with Gasteiger partial charge in [0.2, 0.25) is 11.8 Å². The van der Waals surface area contributed by atoms with Gasteiger partial charge in [-0.1, -0.05) is 6.42 Å². The van der Waals surface area contributed by atoms with E-state index in [0.717, 1.165) is 44.8 Å². The summed E-state index contributed by atoms with van der Waals surface area (Å²) in [6.45, 7) is 4.24. The molecule has 0 bridgehead atoms. The third-order valence-corrected chi connectivity index (χ3v) is 4.60. The maximum atomic E-state index is 13.3. The van der Waals surface area contributed by atoms with Crippen LogP contribution in [-0.2, 0) is 9.59 Å². The molecule has 1 atom stereocenters. The minimum atomic E-state index is -0.839. The smallest absolute Gasteiger partial charge is 0.220 e. The average molecular weight is 367 g/mol. The summed E-state index contributed by atoms with van der Waals surface area (Å²) in [4.78, 5) is 24.6. The van der Waals surface area contributed by atoms with Crippen LogP contribution < -0.4 is 15.5 Å². The Morgan fingerprint density at radius 3 is 2.69 bits per heavy atom. The molecule has 1 aromatic carbocycles. The van der Waals surface area contributed by atoms with Crippen molar-refractivity contribution in [3.05, 3.63) is 29.8 Å². The molecule has 1 aliphatic rings. The van der Waals surface area contributed by atoms with Crippen LogP contribution in [0.3, 0.4) is 0 Å². The lowest BCUT2D eigenvalue weighted by Gasteiger charge is -2.19. The third-order valence-electron chi connectivity index (χ3n) is 4.60. The summed E-state index contributed by atoms with van der Waals surface area (Å²) in [7, 11) is 0. The first-order valence-corrected chi connectivity index (χ1v) is 9.17. The minimum Gasteiger partial charge on any atom is -0.371 e. The fourth-order valence-corrected chi connectivity index (χ4v) is 3.11. The van der Waals surface area contributed by atoms with Crippen molar-refractivity contribution in [1.82, 2.24) is 10.6 Å². The van der Waals surface area contributed by atoms with E-state index in [1.165, 1.54) is 13.0 Å². The molecule has 1 fully saturated rings. The Balaban J connectivity index is 1.60. The number of carbonyl (C=O) groups is 2. The maximum Gasteiger partial charge on any atom is 0.220 e. The molecule has 0 aliphatic carbocycles. The second-order valence-corrected chi connectivity index (χ2v) is 6.80. The maximum absolute atomic E-state index is 13.3. The van der Waals surface area contributed by atoms with Crippen molar-refractivity contribution in [3.8, 4) is 0 Å². The van der Waals surface area contributed by atoms with Gasteiger partial charge in [0.05, 0.1) is 0 Å². The lowest BCUT2D eigenvalue weighted by Crippen LogP contribution is -2.30. The zero-order valence-electron chi connectivity index (χ0n) is 15.2. The van der Waals surface area contributed by atoms with E-state index in [1.807, 2.05) is 4.90 Å². The van der Waals surface area contributed by atoms with Gasteiger partial charge in [-0.3, -0.25) is 9.59 Å².